The van der Waals surface area contributed by atoms with Crippen molar-refractivity contribution in [1.82, 2.24) is 0 Å². The number of furan rings is 1. The number of rotatable bonds is 7. The first-order chi connectivity index (χ1) is 7.70. The van der Waals surface area contributed by atoms with Gasteiger partial charge in [-0.1, -0.05) is 12.2 Å². The van der Waals surface area contributed by atoms with Crippen LogP contribution in [0.15, 0.2) is 48.1 Å². The molecule has 16 heavy (non-hydrogen) atoms. The van der Waals surface area contributed by atoms with Crippen LogP contribution in [0, 0.1) is 5.41 Å². The lowest BCUT2D eigenvalue weighted by Gasteiger charge is -2.33. The van der Waals surface area contributed by atoms with Crippen LogP contribution in [0.3, 0.4) is 0 Å². The smallest absolute Gasteiger partial charge is 0.132 e. The fourth-order valence-corrected chi connectivity index (χ4v) is 1.85. The summed E-state index contributed by atoms with van der Waals surface area (Å²) in [4.78, 5) is 0. The van der Waals surface area contributed by atoms with Gasteiger partial charge < -0.3 is 14.6 Å². The van der Waals surface area contributed by atoms with Crippen LogP contribution in [-0.4, -0.2) is 16.8 Å². The fraction of sp³-hybridized carbons (Fsp3) is 0.385. The SMILES string of the molecule is C=CCC(CO)(CC=C)C(O)c1ccco1. The van der Waals surface area contributed by atoms with Crippen LogP contribution in [0.1, 0.15) is 24.7 Å². The highest BCUT2D eigenvalue weighted by Gasteiger charge is 2.37. The highest BCUT2D eigenvalue weighted by Crippen LogP contribution is 2.40. The molecule has 1 rings (SSSR count). The predicted octanol–water partition coefficient (Wildman–Crippen LogP) is 2.44. The highest BCUT2D eigenvalue weighted by molar-refractivity contribution is 5.09. The zero-order chi connectivity index (χ0) is 12.0. The molecule has 1 aromatic heterocycles. The third-order valence-electron chi connectivity index (χ3n) is 2.81. The molecule has 0 amide bonds. The van der Waals surface area contributed by atoms with Crippen molar-refractivity contribution in [2.75, 3.05) is 6.61 Å². The van der Waals surface area contributed by atoms with Crippen LogP contribution in [0.4, 0.5) is 0 Å². The monoisotopic (exact) mass is 222 g/mol. The molecule has 1 unspecified atom stereocenters. The Morgan fingerprint density at radius 3 is 2.38 bits per heavy atom. The van der Waals surface area contributed by atoms with Crippen molar-refractivity contribution in [1.29, 1.82) is 0 Å². The Bertz CT molecular complexity index is 317. The zero-order valence-electron chi connectivity index (χ0n) is 9.30. The van der Waals surface area contributed by atoms with Gasteiger partial charge in [-0.05, 0) is 25.0 Å². The van der Waals surface area contributed by atoms with E-state index in [0.29, 0.717) is 18.6 Å². The molecular formula is C13H18O3. The van der Waals surface area contributed by atoms with E-state index in [1.54, 1.807) is 24.3 Å². The van der Waals surface area contributed by atoms with Crippen molar-refractivity contribution in [2.24, 2.45) is 5.41 Å². The Kier molecular flexibility index (Phi) is 4.52. The van der Waals surface area contributed by atoms with E-state index in [2.05, 4.69) is 13.2 Å². The largest absolute Gasteiger partial charge is 0.467 e. The summed E-state index contributed by atoms with van der Waals surface area (Å²) in [7, 11) is 0. The van der Waals surface area contributed by atoms with Crippen molar-refractivity contribution >= 4 is 0 Å². The zero-order valence-corrected chi connectivity index (χ0v) is 9.30. The topological polar surface area (TPSA) is 53.6 Å². The Balaban J connectivity index is 2.98. The molecule has 0 fully saturated rings. The van der Waals surface area contributed by atoms with Gasteiger partial charge in [0.2, 0.25) is 0 Å². The van der Waals surface area contributed by atoms with Gasteiger partial charge in [0.25, 0.3) is 0 Å². The van der Waals surface area contributed by atoms with Gasteiger partial charge in [0.15, 0.2) is 0 Å². The van der Waals surface area contributed by atoms with Crippen LogP contribution in [0.2, 0.25) is 0 Å². The van der Waals surface area contributed by atoms with E-state index < -0.39 is 11.5 Å². The first-order valence-corrected chi connectivity index (χ1v) is 5.24. The first kappa shape index (κ1) is 12.7. The summed E-state index contributed by atoms with van der Waals surface area (Å²) >= 11 is 0. The fourth-order valence-electron chi connectivity index (χ4n) is 1.85. The van der Waals surface area contributed by atoms with Crippen LogP contribution in [0.5, 0.6) is 0 Å². The maximum Gasteiger partial charge on any atom is 0.132 e. The summed E-state index contributed by atoms with van der Waals surface area (Å²) < 4.78 is 5.17. The van der Waals surface area contributed by atoms with Crippen molar-refractivity contribution in [3.05, 3.63) is 49.5 Å². The summed E-state index contributed by atoms with van der Waals surface area (Å²) in [6, 6.07) is 3.41. The molecule has 3 nitrogen and oxygen atoms in total. The predicted molar refractivity (Wildman–Crippen MR) is 62.8 cm³/mol. The van der Waals surface area contributed by atoms with E-state index in [-0.39, 0.29) is 6.61 Å². The van der Waals surface area contributed by atoms with Gasteiger partial charge >= 0.3 is 0 Å². The van der Waals surface area contributed by atoms with Crippen molar-refractivity contribution < 1.29 is 14.6 Å². The van der Waals surface area contributed by atoms with Gasteiger partial charge in [0, 0.05) is 5.41 Å². The molecule has 0 bridgehead atoms. The summed E-state index contributed by atoms with van der Waals surface area (Å²) in [5, 5.41) is 19.7. The molecule has 0 saturated carbocycles. The van der Waals surface area contributed by atoms with Crippen LogP contribution in [-0.2, 0) is 0 Å². The van der Waals surface area contributed by atoms with Crippen molar-refractivity contribution in [2.45, 2.75) is 18.9 Å². The van der Waals surface area contributed by atoms with Gasteiger partial charge in [0.1, 0.15) is 11.9 Å². The normalized spacial score (nSPS) is 13.4. The Morgan fingerprint density at radius 1 is 1.38 bits per heavy atom. The summed E-state index contributed by atoms with van der Waals surface area (Å²) in [6.45, 7) is 7.16. The quantitative estimate of drug-likeness (QED) is 0.697. The average molecular weight is 222 g/mol. The third-order valence-corrected chi connectivity index (χ3v) is 2.81. The minimum absolute atomic E-state index is 0.146. The van der Waals surface area contributed by atoms with E-state index in [9.17, 15) is 10.2 Å². The maximum absolute atomic E-state index is 10.2. The summed E-state index contributed by atoms with van der Waals surface area (Å²) in [5.41, 5.74) is -0.693. The molecule has 0 aliphatic carbocycles. The molecule has 0 aliphatic rings. The van der Waals surface area contributed by atoms with Gasteiger partial charge in [-0.3, -0.25) is 0 Å². The second kappa shape index (κ2) is 5.68. The van der Waals surface area contributed by atoms with Crippen LogP contribution in [0.25, 0.3) is 0 Å². The molecule has 1 atom stereocenters. The van der Waals surface area contributed by atoms with E-state index in [1.165, 1.54) is 6.26 Å². The third kappa shape index (κ3) is 2.43. The molecule has 3 heteroatoms. The molecule has 1 aromatic rings. The Morgan fingerprint density at radius 2 is 2.00 bits per heavy atom. The summed E-state index contributed by atoms with van der Waals surface area (Å²) in [5.74, 6) is 0.456. The molecule has 0 radical (unpaired) electrons. The lowest BCUT2D eigenvalue weighted by Crippen LogP contribution is -2.32. The second-order valence-electron chi connectivity index (χ2n) is 3.92. The van der Waals surface area contributed by atoms with Gasteiger partial charge in [-0.25, -0.2) is 0 Å². The minimum atomic E-state index is -0.858. The van der Waals surface area contributed by atoms with Gasteiger partial charge in [-0.2, -0.15) is 0 Å². The van der Waals surface area contributed by atoms with E-state index >= 15 is 0 Å². The highest BCUT2D eigenvalue weighted by atomic mass is 16.4. The molecule has 0 aliphatic heterocycles. The molecule has 0 aromatic carbocycles. The molecular weight excluding hydrogens is 204 g/mol. The van der Waals surface area contributed by atoms with Crippen LogP contribution < -0.4 is 0 Å². The van der Waals surface area contributed by atoms with Gasteiger partial charge in [-0.15, -0.1) is 13.2 Å². The average Bonchev–Trinajstić information content (AvgIpc) is 2.81. The van der Waals surface area contributed by atoms with E-state index in [0.717, 1.165) is 0 Å². The number of hydrogen-bond acceptors (Lipinski definition) is 3. The molecule has 2 N–H and O–H groups in total. The number of aliphatic hydroxyl groups excluding tert-OH is 2. The molecule has 0 spiro atoms. The van der Waals surface area contributed by atoms with Crippen LogP contribution >= 0.6 is 0 Å². The Labute approximate surface area is 95.7 Å². The van der Waals surface area contributed by atoms with Crippen molar-refractivity contribution in [3.63, 3.8) is 0 Å². The second-order valence-corrected chi connectivity index (χ2v) is 3.92. The number of allylic oxidation sites excluding steroid dienone is 2. The Hall–Kier alpha value is -1.32. The number of aliphatic hydroxyl groups is 2. The van der Waals surface area contributed by atoms with Crippen molar-refractivity contribution in [3.8, 4) is 0 Å². The minimum Gasteiger partial charge on any atom is -0.467 e. The number of hydrogen-bond donors (Lipinski definition) is 2. The molecule has 88 valence electrons. The lowest BCUT2D eigenvalue weighted by atomic mass is 9.76. The van der Waals surface area contributed by atoms with E-state index in [1.807, 2.05) is 0 Å². The maximum atomic E-state index is 10.2. The van der Waals surface area contributed by atoms with Gasteiger partial charge in [0.05, 0.1) is 12.9 Å². The standard InChI is InChI=1S/C13H18O3/c1-3-7-13(10-14,8-4-2)12(15)11-6-5-9-16-11/h3-6,9,12,14-15H,1-2,7-8,10H2. The molecule has 0 saturated heterocycles. The first-order valence-electron chi connectivity index (χ1n) is 5.24. The lowest BCUT2D eigenvalue weighted by molar-refractivity contribution is -0.0281. The summed E-state index contributed by atoms with van der Waals surface area (Å²) in [6.07, 6.45) is 5.01. The van der Waals surface area contributed by atoms with E-state index in [4.69, 9.17) is 4.42 Å². The molecule has 1 heterocycles.